The molecule has 0 aliphatic carbocycles. The molecule has 124 valence electrons. The number of hydrogen-bond donors (Lipinski definition) is 2. The van der Waals surface area contributed by atoms with Gasteiger partial charge in [0.05, 0.1) is 15.6 Å². The van der Waals surface area contributed by atoms with E-state index >= 15 is 0 Å². The second-order valence-corrected chi connectivity index (χ2v) is 7.88. The summed E-state index contributed by atoms with van der Waals surface area (Å²) in [6, 6.07) is 12.1. The smallest absolute Gasteiger partial charge is 0.238 e. The molecule has 0 bridgehead atoms. The molecule has 0 radical (unpaired) electrons. The lowest BCUT2D eigenvalue weighted by atomic mass is 10.0. The van der Waals surface area contributed by atoms with Crippen LogP contribution in [0.25, 0.3) is 22.4 Å². The van der Waals surface area contributed by atoms with E-state index in [0.717, 1.165) is 21.6 Å². The number of nitrogens with one attached hydrogen (secondary N) is 1. The highest BCUT2D eigenvalue weighted by Gasteiger charge is 2.13. The molecule has 0 aliphatic rings. The maximum atomic E-state index is 11.4. The number of nitrogens with two attached hydrogens (primary N) is 1. The maximum Gasteiger partial charge on any atom is 0.238 e. The Labute approximate surface area is 149 Å². The molecule has 0 spiro atoms. The summed E-state index contributed by atoms with van der Waals surface area (Å²) in [5.41, 5.74) is 3.30. The number of thioether (sulfide) groups is 1. The van der Waals surface area contributed by atoms with Crippen LogP contribution in [0.15, 0.2) is 58.5 Å². The Hall–Kier alpha value is -1.80. The Morgan fingerprint density at radius 3 is 2.38 bits per heavy atom. The molecule has 0 saturated carbocycles. The topological polar surface area (TPSA) is 88.8 Å². The SMILES string of the molecule is CSc1ccc(-c2c[nH]nc2-c2ccc(S(N)(=O)=O)cc2)cc1Cl. The van der Waals surface area contributed by atoms with Gasteiger partial charge in [-0.2, -0.15) is 5.10 Å². The summed E-state index contributed by atoms with van der Waals surface area (Å²) >= 11 is 7.87. The minimum absolute atomic E-state index is 0.0655. The second-order valence-electron chi connectivity index (χ2n) is 5.07. The Morgan fingerprint density at radius 1 is 1.12 bits per heavy atom. The maximum absolute atomic E-state index is 11.4. The van der Waals surface area contributed by atoms with Crippen LogP contribution in [0.2, 0.25) is 5.02 Å². The average molecular weight is 380 g/mol. The lowest BCUT2D eigenvalue weighted by Gasteiger charge is -2.06. The van der Waals surface area contributed by atoms with Gasteiger partial charge >= 0.3 is 0 Å². The Bertz CT molecular complexity index is 983. The van der Waals surface area contributed by atoms with Crippen molar-refractivity contribution in [3.8, 4) is 22.4 Å². The number of rotatable bonds is 4. The number of aromatic amines is 1. The van der Waals surface area contributed by atoms with Gasteiger partial charge in [0.2, 0.25) is 10.0 Å². The summed E-state index contributed by atoms with van der Waals surface area (Å²) in [6.45, 7) is 0. The number of hydrogen-bond acceptors (Lipinski definition) is 4. The minimum atomic E-state index is -3.71. The second kappa shape index (κ2) is 6.60. The van der Waals surface area contributed by atoms with Crippen LogP contribution in [-0.4, -0.2) is 24.9 Å². The Balaban J connectivity index is 2.03. The largest absolute Gasteiger partial charge is 0.284 e. The molecule has 3 aromatic rings. The van der Waals surface area contributed by atoms with Crippen LogP contribution < -0.4 is 5.14 Å². The third kappa shape index (κ3) is 3.34. The number of nitrogens with zero attached hydrogens (tertiary/aromatic N) is 1. The Kier molecular flexibility index (Phi) is 4.69. The van der Waals surface area contributed by atoms with Crippen LogP contribution in [0.5, 0.6) is 0 Å². The van der Waals surface area contributed by atoms with Gasteiger partial charge in [0.25, 0.3) is 0 Å². The van der Waals surface area contributed by atoms with Gasteiger partial charge in [0.1, 0.15) is 0 Å². The van der Waals surface area contributed by atoms with Crippen LogP contribution in [0.4, 0.5) is 0 Å². The molecule has 0 atom stereocenters. The van der Waals surface area contributed by atoms with E-state index in [0.29, 0.717) is 10.7 Å². The first-order valence-corrected chi connectivity index (χ1v) is 10.1. The molecule has 0 aliphatic heterocycles. The van der Waals surface area contributed by atoms with E-state index in [2.05, 4.69) is 10.2 Å². The number of sulfonamides is 1. The van der Waals surface area contributed by atoms with E-state index < -0.39 is 10.0 Å². The molecule has 1 aromatic heterocycles. The lowest BCUT2D eigenvalue weighted by Crippen LogP contribution is -2.11. The molecule has 5 nitrogen and oxygen atoms in total. The van der Waals surface area contributed by atoms with Gasteiger partial charge < -0.3 is 0 Å². The number of H-pyrrole nitrogens is 1. The van der Waals surface area contributed by atoms with E-state index in [9.17, 15) is 8.42 Å². The van der Waals surface area contributed by atoms with Gasteiger partial charge in [0.15, 0.2) is 0 Å². The van der Waals surface area contributed by atoms with Gasteiger partial charge in [-0.25, -0.2) is 13.6 Å². The van der Waals surface area contributed by atoms with Gasteiger partial charge in [-0.3, -0.25) is 5.10 Å². The molecular formula is C16H14ClN3O2S2. The van der Waals surface area contributed by atoms with Crippen LogP contribution in [0.3, 0.4) is 0 Å². The quantitative estimate of drug-likeness (QED) is 0.675. The molecule has 2 aromatic carbocycles. The predicted octanol–water partition coefficient (Wildman–Crippen LogP) is 3.77. The summed E-state index contributed by atoms with van der Waals surface area (Å²) in [4.78, 5) is 1.07. The van der Waals surface area contributed by atoms with E-state index in [4.69, 9.17) is 16.7 Å². The van der Waals surface area contributed by atoms with Gasteiger partial charge in [-0.1, -0.05) is 29.8 Å². The van der Waals surface area contributed by atoms with Crippen molar-refractivity contribution in [2.75, 3.05) is 6.26 Å². The number of halogens is 1. The summed E-state index contributed by atoms with van der Waals surface area (Å²) in [6.07, 6.45) is 3.75. The number of benzene rings is 2. The molecular weight excluding hydrogens is 366 g/mol. The highest BCUT2D eigenvalue weighted by molar-refractivity contribution is 7.98. The normalized spacial score (nSPS) is 11.6. The molecule has 24 heavy (non-hydrogen) atoms. The fraction of sp³-hybridized carbons (Fsp3) is 0.0625. The van der Waals surface area contributed by atoms with E-state index in [1.165, 1.54) is 12.1 Å². The summed E-state index contributed by atoms with van der Waals surface area (Å²) < 4.78 is 22.7. The van der Waals surface area contributed by atoms with Crippen LogP contribution in [0.1, 0.15) is 0 Å². The standard InChI is InChI=1S/C16H14ClN3O2S2/c1-23-15-7-4-11(8-14(15)17)13-9-19-20-16(13)10-2-5-12(6-3-10)24(18,21)22/h2-9H,1H3,(H,19,20)(H2,18,21,22). The third-order valence-corrected chi connectivity index (χ3v) is 5.71. The van der Waals surface area contributed by atoms with Crippen molar-refractivity contribution < 1.29 is 8.42 Å². The molecule has 3 N–H and O–H groups in total. The van der Waals surface area contributed by atoms with Gasteiger partial charge in [-0.05, 0) is 36.1 Å². The van der Waals surface area contributed by atoms with E-state index in [-0.39, 0.29) is 4.90 Å². The molecule has 0 amide bonds. The fourth-order valence-electron chi connectivity index (χ4n) is 2.37. The van der Waals surface area contributed by atoms with Gasteiger partial charge in [0, 0.05) is 22.2 Å². The lowest BCUT2D eigenvalue weighted by molar-refractivity contribution is 0.598. The minimum Gasteiger partial charge on any atom is -0.284 e. The van der Waals surface area contributed by atoms with Gasteiger partial charge in [-0.15, -0.1) is 11.8 Å². The zero-order chi connectivity index (χ0) is 17.3. The first-order valence-electron chi connectivity index (χ1n) is 6.91. The van der Waals surface area contributed by atoms with Crippen molar-refractivity contribution >= 4 is 33.4 Å². The molecule has 0 unspecified atom stereocenters. The van der Waals surface area contributed by atoms with Crippen molar-refractivity contribution in [1.82, 2.24) is 10.2 Å². The molecule has 3 rings (SSSR count). The molecule has 8 heteroatoms. The third-order valence-electron chi connectivity index (χ3n) is 3.56. The highest BCUT2D eigenvalue weighted by atomic mass is 35.5. The van der Waals surface area contributed by atoms with Crippen molar-refractivity contribution in [1.29, 1.82) is 0 Å². The zero-order valence-electron chi connectivity index (χ0n) is 12.7. The van der Waals surface area contributed by atoms with Crippen molar-refractivity contribution in [3.63, 3.8) is 0 Å². The number of aromatic nitrogens is 2. The summed E-state index contributed by atoms with van der Waals surface area (Å²) in [5, 5.41) is 12.9. The Morgan fingerprint density at radius 2 is 1.79 bits per heavy atom. The first kappa shape index (κ1) is 17.0. The van der Waals surface area contributed by atoms with E-state index in [1.807, 2.05) is 24.5 Å². The number of primary sulfonamides is 1. The van der Waals surface area contributed by atoms with E-state index in [1.54, 1.807) is 30.1 Å². The highest BCUT2D eigenvalue weighted by Crippen LogP contribution is 2.34. The zero-order valence-corrected chi connectivity index (χ0v) is 15.0. The van der Waals surface area contributed by atoms with Crippen LogP contribution in [0, 0.1) is 0 Å². The first-order chi connectivity index (χ1) is 11.4. The monoisotopic (exact) mass is 379 g/mol. The molecule has 1 heterocycles. The fourth-order valence-corrected chi connectivity index (χ4v) is 3.75. The molecule has 0 saturated heterocycles. The van der Waals surface area contributed by atoms with Crippen molar-refractivity contribution in [2.24, 2.45) is 5.14 Å². The summed E-state index contributed by atoms with van der Waals surface area (Å²) in [5.74, 6) is 0. The van der Waals surface area contributed by atoms with Crippen molar-refractivity contribution in [3.05, 3.63) is 53.7 Å². The van der Waals surface area contributed by atoms with Crippen molar-refractivity contribution in [2.45, 2.75) is 9.79 Å². The molecule has 0 fully saturated rings. The predicted molar refractivity (Wildman–Crippen MR) is 97.6 cm³/mol. The van der Waals surface area contributed by atoms with Crippen LogP contribution in [-0.2, 0) is 10.0 Å². The summed E-state index contributed by atoms with van der Waals surface area (Å²) in [7, 11) is -3.71. The average Bonchev–Trinajstić information content (AvgIpc) is 3.03. The van der Waals surface area contributed by atoms with Crippen LogP contribution >= 0.6 is 23.4 Å².